The molecule has 7 heteroatoms. The number of carbonyl (C=O) groups is 1. The molecule has 144 valence electrons. The Hall–Kier alpha value is -4.05. The minimum Gasteiger partial charge on any atom is -0.464 e. The first-order valence-corrected chi connectivity index (χ1v) is 8.93. The number of esters is 1. The van der Waals surface area contributed by atoms with E-state index in [0.717, 1.165) is 11.1 Å². The number of methoxy groups -OCH3 is 1. The number of ether oxygens (including phenoxy) is 1. The second-order valence-electron chi connectivity index (χ2n) is 6.94. The van der Waals surface area contributed by atoms with Gasteiger partial charge in [0.25, 0.3) is 0 Å². The van der Waals surface area contributed by atoms with Crippen LogP contribution in [0.25, 0.3) is 27.5 Å². The fourth-order valence-corrected chi connectivity index (χ4v) is 3.80. The molecule has 4 aromatic rings. The third-order valence-corrected chi connectivity index (χ3v) is 5.06. The zero-order valence-corrected chi connectivity index (χ0v) is 16.2. The predicted octanol–water partition coefficient (Wildman–Crippen LogP) is 3.33. The molecule has 0 bridgehead atoms. The van der Waals surface area contributed by atoms with Gasteiger partial charge in [0.05, 0.1) is 35.1 Å². The highest BCUT2D eigenvalue weighted by Gasteiger charge is 2.23. The average molecular weight is 386 g/mol. The van der Waals surface area contributed by atoms with E-state index in [-0.39, 0.29) is 22.4 Å². The molecule has 0 aliphatic rings. The van der Waals surface area contributed by atoms with E-state index in [1.807, 2.05) is 32.0 Å². The van der Waals surface area contributed by atoms with Crippen LogP contribution < -0.4 is 11.2 Å². The van der Waals surface area contributed by atoms with Crippen molar-refractivity contribution in [1.29, 1.82) is 5.26 Å². The van der Waals surface area contributed by atoms with Crippen molar-refractivity contribution >= 4 is 33.5 Å². The van der Waals surface area contributed by atoms with Crippen LogP contribution in [0.5, 0.6) is 0 Å². The van der Waals surface area contributed by atoms with E-state index in [1.54, 1.807) is 18.2 Å². The Balaban J connectivity index is 2.16. The molecule has 0 aliphatic heterocycles. The topological polar surface area (TPSA) is 114 Å². The molecule has 0 amide bonds. The molecule has 0 aliphatic carbocycles. The van der Waals surface area contributed by atoms with Crippen LogP contribution in [0, 0.1) is 25.2 Å². The van der Waals surface area contributed by atoms with E-state index < -0.39 is 5.97 Å². The van der Waals surface area contributed by atoms with Crippen molar-refractivity contribution in [2.24, 2.45) is 0 Å². The normalized spacial score (nSPS) is 11.0. The molecule has 2 aromatic heterocycles. The summed E-state index contributed by atoms with van der Waals surface area (Å²) in [5.41, 5.74) is 9.81. The Labute approximate surface area is 165 Å². The fourth-order valence-electron chi connectivity index (χ4n) is 3.80. The highest BCUT2D eigenvalue weighted by molar-refractivity contribution is 6.00. The van der Waals surface area contributed by atoms with Crippen LogP contribution >= 0.6 is 0 Å². The molecule has 2 aromatic carbocycles. The number of rotatable bonds is 2. The van der Waals surface area contributed by atoms with Gasteiger partial charge in [-0.3, -0.25) is 4.79 Å². The summed E-state index contributed by atoms with van der Waals surface area (Å²) in [5.74, 6) is -0.671. The van der Waals surface area contributed by atoms with Crippen molar-refractivity contribution in [3.8, 4) is 11.8 Å². The summed E-state index contributed by atoms with van der Waals surface area (Å²) in [7, 11) is 1.25. The largest absolute Gasteiger partial charge is 0.464 e. The second-order valence-corrected chi connectivity index (χ2v) is 6.94. The maximum atomic E-state index is 13.2. The minimum atomic E-state index is -0.671. The van der Waals surface area contributed by atoms with Crippen LogP contribution in [-0.2, 0) is 4.74 Å². The SMILES string of the molecule is COC(=O)c1c(N)c(C#N)cn1-c1cccc2c(=O)c3c(C)cc(C)cc3[nH]c12. The summed E-state index contributed by atoms with van der Waals surface area (Å²) in [5, 5.41) is 10.5. The summed E-state index contributed by atoms with van der Waals surface area (Å²) in [4.78, 5) is 28.9. The van der Waals surface area contributed by atoms with E-state index in [2.05, 4.69) is 4.98 Å². The lowest BCUT2D eigenvalue weighted by atomic mass is 10.0. The third kappa shape index (κ3) is 2.65. The number of fused-ring (bicyclic) bond motifs is 2. The molecule has 2 heterocycles. The number of aromatic nitrogens is 2. The Bertz CT molecular complexity index is 1420. The minimum absolute atomic E-state index is 0.0335. The summed E-state index contributed by atoms with van der Waals surface area (Å²) in [6, 6.07) is 11.1. The van der Waals surface area contributed by atoms with Crippen LogP contribution in [0.15, 0.2) is 41.3 Å². The van der Waals surface area contributed by atoms with Gasteiger partial charge in [0.15, 0.2) is 11.1 Å². The molecule has 3 N–H and O–H groups in total. The van der Waals surface area contributed by atoms with E-state index in [1.165, 1.54) is 17.9 Å². The van der Waals surface area contributed by atoms with Gasteiger partial charge in [-0.05, 0) is 43.2 Å². The van der Waals surface area contributed by atoms with E-state index >= 15 is 0 Å². The number of aryl methyl sites for hydroxylation is 2. The number of anilines is 1. The highest BCUT2D eigenvalue weighted by Crippen LogP contribution is 2.29. The number of nitrogens with two attached hydrogens (primary N) is 1. The number of nitriles is 1. The standard InChI is InChI=1S/C22H18N4O3/c1-11-7-12(2)17-15(8-11)25-19-14(21(17)27)5-4-6-16(19)26-10-13(9-23)18(24)20(26)22(28)29-3/h4-8,10H,24H2,1-3H3,(H,25,27). The van der Waals surface area contributed by atoms with Gasteiger partial charge in [-0.2, -0.15) is 5.26 Å². The van der Waals surface area contributed by atoms with Crippen LogP contribution in [0.3, 0.4) is 0 Å². The Morgan fingerprint density at radius 1 is 1.28 bits per heavy atom. The Morgan fingerprint density at radius 2 is 2.03 bits per heavy atom. The number of carbonyl (C=O) groups excluding carboxylic acids is 1. The Morgan fingerprint density at radius 3 is 2.72 bits per heavy atom. The summed E-state index contributed by atoms with van der Waals surface area (Å²) in [6.07, 6.45) is 1.47. The van der Waals surface area contributed by atoms with Crippen molar-refractivity contribution in [2.75, 3.05) is 12.8 Å². The smallest absolute Gasteiger partial charge is 0.357 e. The molecule has 0 fully saturated rings. The van der Waals surface area contributed by atoms with Gasteiger partial charge >= 0.3 is 5.97 Å². The number of benzene rings is 2. The first kappa shape index (κ1) is 18.3. The molecule has 0 saturated heterocycles. The van der Waals surface area contributed by atoms with Crippen molar-refractivity contribution in [3.05, 3.63) is 69.1 Å². The van der Waals surface area contributed by atoms with Gasteiger partial charge in [-0.25, -0.2) is 4.79 Å². The average Bonchev–Trinajstić information content (AvgIpc) is 3.02. The summed E-state index contributed by atoms with van der Waals surface area (Å²) >= 11 is 0. The van der Waals surface area contributed by atoms with Crippen LogP contribution in [-0.4, -0.2) is 22.6 Å². The van der Waals surface area contributed by atoms with Gasteiger partial charge in [-0.15, -0.1) is 0 Å². The van der Waals surface area contributed by atoms with E-state index in [0.29, 0.717) is 27.5 Å². The number of aromatic amines is 1. The number of hydrogen-bond acceptors (Lipinski definition) is 5. The number of para-hydroxylation sites is 1. The second kappa shape index (κ2) is 6.53. The van der Waals surface area contributed by atoms with Crippen LogP contribution in [0.1, 0.15) is 27.2 Å². The van der Waals surface area contributed by atoms with E-state index in [9.17, 15) is 14.9 Å². The Kier molecular flexibility index (Phi) is 4.13. The maximum absolute atomic E-state index is 13.2. The fraction of sp³-hybridized carbons (Fsp3) is 0.136. The zero-order valence-electron chi connectivity index (χ0n) is 16.2. The number of nitrogens with one attached hydrogen (secondary N) is 1. The number of hydrogen-bond donors (Lipinski definition) is 2. The summed E-state index contributed by atoms with van der Waals surface area (Å²) < 4.78 is 6.35. The first-order valence-electron chi connectivity index (χ1n) is 8.93. The number of nitrogen functional groups attached to an aromatic ring is 1. The van der Waals surface area contributed by atoms with Crippen LogP contribution in [0.4, 0.5) is 5.69 Å². The molecule has 0 unspecified atom stereocenters. The van der Waals surface area contributed by atoms with Gasteiger partial charge in [0.2, 0.25) is 0 Å². The lowest BCUT2D eigenvalue weighted by Crippen LogP contribution is -2.13. The quantitative estimate of drug-likeness (QED) is 0.405. The number of H-pyrrole nitrogens is 1. The third-order valence-electron chi connectivity index (χ3n) is 5.06. The van der Waals surface area contributed by atoms with Crippen molar-refractivity contribution in [1.82, 2.24) is 9.55 Å². The maximum Gasteiger partial charge on any atom is 0.357 e. The molecule has 0 radical (unpaired) electrons. The molecule has 0 saturated carbocycles. The summed E-state index contributed by atoms with van der Waals surface area (Å²) in [6.45, 7) is 3.86. The van der Waals surface area contributed by atoms with Gasteiger partial charge in [-0.1, -0.05) is 12.1 Å². The zero-order chi connectivity index (χ0) is 20.9. The number of pyridine rings is 1. The van der Waals surface area contributed by atoms with Crippen molar-refractivity contribution in [2.45, 2.75) is 13.8 Å². The molecule has 29 heavy (non-hydrogen) atoms. The first-order chi connectivity index (χ1) is 13.9. The highest BCUT2D eigenvalue weighted by atomic mass is 16.5. The van der Waals surface area contributed by atoms with Crippen molar-refractivity contribution < 1.29 is 9.53 Å². The molecular formula is C22H18N4O3. The monoisotopic (exact) mass is 386 g/mol. The number of nitrogens with zero attached hydrogens (tertiary/aromatic N) is 2. The lowest BCUT2D eigenvalue weighted by molar-refractivity contribution is 0.0593. The van der Waals surface area contributed by atoms with Crippen LogP contribution in [0.2, 0.25) is 0 Å². The molecular weight excluding hydrogens is 368 g/mol. The van der Waals surface area contributed by atoms with E-state index in [4.69, 9.17) is 10.5 Å². The van der Waals surface area contributed by atoms with Gasteiger partial charge in [0, 0.05) is 17.0 Å². The lowest BCUT2D eigenvalue weighted by Gasteiger charge is -2.13. The molecule has 0 spiro atoms. The van der Waals surface area contributed by atoms with Gasteiger partial charge < -0.3 is 20.0 Å². The van der Waals surface area contributed by atoms with Crippen molar-refractivity contribution in [3.63, 3.8) is 0 Å². The molecule has 7 nitrogen and oxygen atoms in total. The molecule has 4 rings (SSSR count). The predicted molar refractivity (Wildman–Crippen MR) is 111 cm³/mol. The van der Waals surface area contributed by atoms with Gasteiger partial charge in [0.1, 0.15) is 6.07 Å². The molecule has 0 atom stereocenters.